The van der Waals surface area contributed by atoms with Crippen LogP contribution in [-0.4, -0.2) is 58.3 Å². The zero-order valence-electron chi connectivity index (χ0n) is 33.8. The number of carbonyl (C=O) groups is 5. The summed E-state index contributed by atoms with van der Waals surface area (Å²) in [6.07, 6.45) is 9.15. The predicted octanol–water partition coefficient (Wildman–Crippen LogP) is 9.43. The van der Waals surface area contributed by atoms with E-state index >= 15 is 0 Å². The van der Waals surface area contributed by atoms with Crippen LogP contribution in [0.2, 0.25) is 5.02 Å². The number of hydroxylamine groups is 2. The fraction of sp³-hybridized carbons (Fsp3) is 0.489. The number of carbonyl (C=O) groups excluding carboxylic acids is 5. The topological polar surface area (TPSA) is 145 Å². The van der Waals surface area contributed by atoms with Crippen LogP contribution in [-0.2, 0) is 35.2 Å². The lowest BCUT2D eigenvalue weighted by atomic mass is 9.79. The van der Waals surface area contributed by atoms with Crippen LogP contribution in [0.4, 0.5) is 5.69 Å². The minimum Gasteiger partial charge on any atom is -0.783 e. The lowest BCUT2D eigenvalue weighted by Crippen LogP contribution is -2.50. The van der Waals surface area contributed by atoms with Crippen molar-refractivity contribution in [2.24, 2.45) is 11.3 Å². The van der Waals surface area contributed by atoms with Gasteiger partial charge in [0.15, 0.2) is 11.9 Å². The molecule has 12 heteroatoms. The molecular weight excluding hydrogens is 746 g/mol. The van der Waals surface area contributed by atoms with E-state index in [-0.39, 0.29) is 29.4 Å². The first-order chi connectivity index (χ1) is 27.2. The molecule has 0 bridgehead atoms. The van der Waals surface area contributed by atoms with Gasteiger partial charge >= 0.3 is 11.9 Å². The van der Waals surface area contributed by atoms with Crippen molar-refractivity contribution in [3.8, 4) is 0 Å². The Kier molecular flexibility index (Phi) is 17.3. The number of amides is 2. The standard InChI is InChI=1S/C45H57ClN3O8/c1-6-7-8-9-10-11-12-13-14-21-28-56-43(53)31(2)57-44(54)34-26-27-35(46)36(29-34)47-40(51)37(39(50)45(3,4)5)38-42(52)48(30-32-22-17-15-18-23-32)41(49(38)55)33-24-19-16-20-25-33/h15-20,22-27,29,31,37-38,41H,6-14,21,28,30H2,1-5H3,(H,47,51)/q-1. The number of nitrogens with one attached hydrogen (secondary N) is 1. The molecule has 1 heterocycles. The molecule has 1 N–H and O–H groups in total. The molecule has 0 spiro atoms. The molecule has 0 saturated carbocycles. The van der Waals surface area contributed by atoms with E-state index in [2.05, 4.69) is 12.2 Å². The van der Waals surface area contributed by atoms with Crippen LogP contribution in [0.15, 0.2) is 78.9 Å². The summed E-state index contributed by atoms with van der Waals surface area (Å²) in [6.45, 7) is 8.73. The normalized spacial score (nSPS) is 16.9. The van der Waals surface area contributed by atoms with Crippen molar-refractivity contribution in [2.75, 3.05) is 11.9 Å². The first kappa shape index (κ1) is 45.1. The fourth-order valence-corrected chi connectivity index (χ4v) is 7.03. The first-order valence-corrected chi connectivity index (χ1v) is 20.5. The number of ketones is 1. The maximum atomic E-state index is 14.3. The number of ether oxygens (including phenoxy) is 2. The van der Waals surface area contributed by atoms with Gasteiger partial charge in [0.05, 0.1) is 28.9 Å². The summed E-state index contributed by atoms with van der Waals surface area (Å²) < 4.78 is 10.7. The maximum absolute atomic E-state index is 14.3. The summed E-state index contributed by atoms with van der Waals surface area (Å²) in [6, 6.07) is 20.1. The molecular formula is C45H57ClN3O8-. The van der Waals surface area contributed by atoms with E-state index in [1.165, 1.54) is 68.5 Å². The summed E-state index contributed by atoms with van der Waals surface area (Å²) in [7, 11) is 0. The number of unbranched alkanes of at least 4 members (excludes halogenated alkanes) is 9. The van der Waals surface area contributed by atoms with E-state index in [0.717, 1.165) is 31.2 Å². The Balaban J connectivity index is 1.44. The van der Waals surface area contributed by atoms with Crippen molar-refractivity contribution in [3.05, 3.63) is 106 Å². The van der Waals surface area contributed by atoms with E-state index < -0.39 is 59.2 Å². The number of benzene rings is 3. The van der Waals surface area contributed by atoms with Gasteiger partial charge in [0, 0.05) is 12.0 Å². The second-order valence-electron chi connectivity index (χ2n) is 15.7. The number of Topliss-reactive ketones (excluding diaryl/α,β-unsaturated/α-hetero) is 1. The van der Waals surface area contributed by atoms with Gasteiger partial charge in [-0.15, -0.1) is 0 Å². The average molecular weight is 803 g/mol. The third kappa shape index (κ3) is 12.7. The second-order valence-corrected chi connectivity index (χ2v) is 16.1. The van der Waals surface area contributed by atoms with Crippen molar-refractivity contribution in [3.63, 3.8) is 0 Å². The van der Waals surface area contributed by atoms with Crippen LogP contribution in [0.3, 0.4) is 0 Å². The Morgan fingerprint density at radius 1 is 0.842 bits per heavy atom. The lowest BCUT2D eigenvalue weighted by molar-refractivity contribution is -0.153. The molecule has 1 aliphatic rings. The van der Waals surface area contributed by atoms with E-state index in [9.17, 15) is 29.2 Å². The van der Waals surface area contributed by atoms with Crippen LogP contribution < -0.4 is 5.32 Å². The van der Waals surface area contributed by atoms with Gasteiger partial charge in [0.1, 0.15) is 12.1 Å². The lowest BCUT2D eigenvalue weighted by Gasteiger charge is -2.39. The second kappa shape index (κ2) is 21.8. The van der Waals surface area contributed by atoms with E-state index in [4.69, 9.17) is 21.1 Å². The van der Waals surface area contributed by atoms with Crippen molar-refractivity contribution in [2.45, 2.75) is 124 Å². The van der Waals surface area contributed by atoms with Crippen LogP contribution in [0.5, 0.6) is 0 Å². The molecule has 57 heavy (non-hydrogen) atoms. The molecule has 308 valence electrons. The van der Waals surface area contributed by atoms with Crippen molar-refractivity contribution in [1.29, 1.82) is 0 Å². The van der Waals surface area contributed by atoms with Gasteiger partial charge in [-0.3, -0.25) is 14.4 Å². The summed E-state index contributed by atoms with van der Waals surface area (Å²) in [5.74, 6) is -5.56. The van der Waals surface area contributed by atoms with Gasteiger partial charge in [-0.1, -0.05) is 158 Å². The zero-order valence-corrected chi connectivity index (χ0v) is 34.6. The molecule has 11 nitrogen and oxygen atoms in total. The first-order valence-electron chi connectivity index (χ1n) is 20.1. The summed E-state index contributed by atoms with van der Waals surface area (Å²) in [4.78, 5) is 69.7. The average Bonchev–Trinajstić information content (AvgIpc) is 3.42. The number of esters is 2. The zero-order chi connectivity index (χ0) is 41.5. The van der Waals surface area contributed by atoms with E-state index in [0.29, 0.717) is 10.6 Å². The fourth-order valence-electron chi connectivity index (χ4n) is 6.86. The molecule has 0 aromatic heterocycles. The molecule has 0 radical (unpaired) electrons. The SMILES string of the molecule is CCCCCCCCCCCCOC(=O)C(C)OC(=O)c1ccc(Cl)c(NC(=O)C(C(=O)C(C)(C)C)C2C(=O)N(Cc3ccccc3)C(c3ccccc3)N2[O-])c1. The highest BCUT2D eigenvalue weighted by Crippen LogP contribution is 2.40. The largest absolute Gasteiger partial charge is 0.783 e. The summed E-state index contributed by atoms with van der Waals surface area (Å²) >= 11 is 6.47. The highest BCUT2D eigenvalue weighted by Gasteiger charge is 2.52. The van der Waals surface area contributed by atoms with Crippen molar-refractivity contribution < 1.29 is 33.4 Å². The highest BCUT2D eigenvalue weighted by atomic mass is 35.5. The summed E-state index contributed by atoms with van der Waals surface area (Å²) in [5, 5.41) is 17.4. The van der Waals surface area contributed by atoms with Crippen molar-refractivity contribution >= 4 is 46.8 Å². The van der Waals surface area contributed by atoms with E-state index in [1.54, 1.807) is 51.1 Å². The number of anilines is 1. The smallest absolute Gasteiger partial charge is 0.347 e. The molecule has 1 aliphatic heterocycles. The van der Waals surface area contributed by atoms with Gasteiger partial charge in [-0.25, -0.2) is 9.59 Å². The maximum Gasteiger partial charge on any atom is 0.347 e. The highest BCUT2D eigenvalue weighted by molar-refractivity contribution is 6.34. The Hall–Kier alpha value is -4.58. The van der Waals surface area contributed by atoms with Gasteiger partial charge in [-0.2, -0.15) is 0 Å². The van der Waals surface area contributed by atoms with Gasteiger partial charge in [0.2, 0.25) is 11.8 Å². The van der Waals surface area contributed by atoms with E-state index in [1.807, 2.05) is 30.3 Å². The summed E-state index contributed by atoms with van der Waals surface area (Å²) in [5.41, 5.74) is 0.0568. The third-order valence-electron chi connectivity index (χ3n) is 10.1. The molecule has 1 saturated heterocycles. The molecule has 4 rings (SSSR count). The molecule has 0 aliphatic carbocycles. The molecule has 3 aromatic rings. The predicted molar refractivity (Wildman–Crippen MR) is 221 cm³/mol. The molecule has 4 unspecified atom stereocenters. The molecule has 3 aromatic carbocycles. The molecule has 1 fully saturated rings. The number of hydrogen-bond acceptors (Lipinski definition) is 9. The number of halogens is 1. The Morgan fingerprint density at radius 2 is 1.42 bits per heavy atom. The number of hydrogen-bond donors (Lipinski definition) is 1. The minimum atomic E-state index is -1.75. The van der Waals surface area contributed by atoms with Crippen LogP contribution in [0.25, 0.3) is 0 Å². The Bertz CT molecular complexity index is 1800. The molecule has 4 atom stereocenters. The molecule has 2 amide bonds. The van der Waals surface area contributed by atoms with Gasteiger partial charge in [-0.05, 0) is 42.7 Å². The Labute approximate surface area is 342 Å². The monoisotopic (exact) mass is 802 g/mol. The van der Waals surface area contributed by atoms with Gasteiger partial charge < -0.3 is 30.0 Å². The number of nitrogens with zero attached hydrogens (tertiary/aromatic N) is 2. The third-order valence-corrected chi connectivity index (χ3v) is 10.4. The Morgan fingerprint density at radius 3 is 2.02 bits per heavy atom. The van der Waals surface area contributed by atoms with Gasteiger partial charge in [0.25, 0.3) is 0 Å². The van der Waals surface area contributed by atoms with Crippen LogP contribution in [0.1, 0.15) is 126 Å². The minimum absolute atomic E-state index is 0.0235. The van der Waals surface area contributed by atoms with Crippen LogP contribution >= 0.6 is 11.6 Å². The van der Waals surface area contributed by atoms with Crippen molar-refractivity contribution in [1.82, 2.24) is 9.96 Å². The van der Waals surface area contributed by atoms with Crippen LogP contribution in [0, 0.1) is 16.5 Å². The number of rotatable bonds is 21. The quantitative estimate of drug-likeness (QED) is 0.0633.